The van der Waals surface area contributed by atoms with Crippen LogP contribution in [-0.4, -0.2) is 18.0 Å². The molecule has 4 heteroatoms. The quantitative estimate of drug-likeness (QED) is 0.376. The summed E-state index contributed by atoms with van der Waals surface area (Å²) in [6.07, 6.45) is 4.89. The van der Waals surface area contributed by atoms with Crippen LogP contribution in [0.2, 0.25) is 0 Å². The molecule has 6 rings (SSSR count). The highest BCUT2D eigenvalue weighted by Crippen LogP contribution is 2.50. The molecule has 3 aliphatic rings. The van der Waals surface area contributed by atoms with Gasteiger partial charge in [0.05, 0.1) is 0 Å². The summed E-state index contributed by atoms with van der Waals surface area (Å²) in [5.74, 6) is -0.0497. The number of hydrogen-bond donors (Lipinski definition) is 2. The molecule has 1 amide bonds. The molecule has 3 aliphatic heterocycles. The molecule has 3 aromatic rings. The number of nitrogens with one attached hydrogen (secondary N) is 2. The van der Waals surface area contributed by atoms with Gasteiger partial charge in [0, 0.05) is 40.0 Å². The van der Waals surface area contributed by atoms with E-state index in [-0.39, 0.29) is 5.91 Å². The second-order valence-corrected chi connectivity index (χ2v) is 10.1. The van der Waals surface area contributed by atoms with E-state index in [0.29, 0.717) is 12.1 Å². The molecule has 0 aliphatic carbocycles. The van der Waals surface area contributed by atoms with E-state index in [4.69, 9.17) is 0 Å². The Hall–Kier alpha value is -2.82. The Kier molecular flexibility index (Phi) is 4.93. The number of amides is 1. The summed E-state index contributed by atoms with van der Waals surface area (Å²) in [6, 6.07) is 25.0. The highest BCUT2D eigenvalue weighted by molar-refractivity contribution is 7.99. The molecule has 2 unspecified atom stereocenters. The number of carbonyl (C=O) groups excluding carboxylic acids is 1. The van der Waals surface area contributed by atoms with Crippen molar-refractivity contribution in [2.24, 2.45) is 0 Å². The Bertz CT molecular complexity index is 1250. The topological polar surface area (TPSA) is 41.1 Å². The molecule has 32 heavy (non-hydrogen) atoms. The second-order valence-electron chi connectivity index (χ2n) is 9.06. The average Bonchev–Trinajstić information content (AvgIpc) is 3.14. The number of anilines is 1. The zero-order chi connectivity index (χ0) is 21.7. The Morgan fingerprint density at radius 3 is 2.34 bits per heavy atom. The van der Waals surface area contributed by atoms with Crippen molar-refractivity contribution in [3.63, 3.8) is 0 Å². The van der Waals surface area contributed by atoms with Crippen molar-refractivity contribution in [1.29, 1.82) is 0 Å². The van der Waals surface area contributed by atoms with Crippen LogP contribution in [0.1, 0.15) is 43.7 Å². The molecule has 2 atom stereocenters. The van der Waals surface area contributed by atoms with Crippen LogP contribution in [0.5, 0.6) is 0 Å². The van der Waals surface area contributed by atoms with Crippen LogP contribution in [0.3, 0.4) is 0 Å². The van der Waals surface area contributed by atoms with E-state index < -0.39 is 0 Å². The SMILES string of the molecule is CC(=O)Nc1ccccc1-c1ccc2c(c1)Sc1ccccc1C2=C1CC2CCC(C1)N2. The van der Waals surface area contributed by atoms with Gasteiger partial charge in [0.15, 0.2) is 0 Å². The maximum Gasteiger partial charge on any atom is 0.221 e. The standard InChI is InChI=1S/C28H26N2OS/c1-17(31)29-25-8-4-2-6-22(25)18-10-13-24-27(16-18)32-26-9-5-3-7-23(26)28(24)19-14-20-11-12-21(15-19)30-20/h2-10,13,16,20-21,30H,11-12,14-15H2,1H3,(H,29,31). The molecule has 2 N–H and O–H groups in total. The number of hydrogen-bond acceptors (Lipinski definition) is 3. The van der Waals surface area contributed by atoms with Gasteiger partial charge in [-0.3, -0.25) is 4.79 Å². The lowest BCUT2D eigenvalue weighted by molar-refractivity contribution is -0.114. The number of benzene rings is 3. The summed E-state index contributed by atoms with van der Waals surface area (Å²) in [7, 11) is 0. The second kappa shape index (κ2) is 7.95. The van der Waals surface area contributed by atoms with Crippen molar-refractivity contribution in [2.75, 3.05) is 5.32 Å². The van der Waals surface area contributed by atoms with Crippen LogP contribution in [-0.2, 0) is 4.79 Å². The van der Waals surface area contributed by atoms with E-state index in [9.17, 15) is 4.79 Å². The van der Waals surface area contributed by atoms with Crippen molar-refractivity contribution in [2.45, 2.75) is 54.5 Å². The minimum atomic E-state index is -0.0497. The number of carbonyl (C=O) groups is 1. The first kappa shape index (κ1) is 19.8. The smallest absolute Gasteiger partial charge is 0.221 e. The van der Waals surface area contributed by atoms with E-state index in [1.54, 1.807) is 12.5 Å². The van der Waals surface area contributed by atoms with E-state index in [0.717, 1.165) is 29.7 Å². The Balaban J connectivity index is 1.49. The molecule has 0 spiro atoms. The normalized spacial score (nSPS) is 21.2. The summed E-state index contributed by atoms with van der Waals surface area (Å²) in [5, 5.41) is 6.77. The molecule has 0 aromatic heterocycles. The first-order chi connectivity index (χ1) is 15.7. The van der Waals surface area contributed by atoms with Gasteiger partial charge in [-0.1, -0.05) is 65.9 Å². The summed E-state index contributed by atoms with van der Waals surface area (Å²) < 4.78 is 0. The van der Waals surface area contributed by atoms with Gasteiger partial charge in [0.2, 0.25) is 5.91 Å². The molecular weight excluding hydrogens is 412 g/mol. The van der Waals surface area contributed by atoms with Gasteiger partial charge in [0.1, 0.15) is 0 Å². The third-order valence-corrected chi connectivity index (χ3v) is 7.98. The molecule has 2 saturated heterocycles. The van der Waals surface area contributed by atoms with E-state index in [1.807, 2.05) is 30.0 Å². The molecular formula is C28H26N2OS. The zero-order valence-corrected chi connectivity index (χ0v) is 19.0. The monoisotopic (exact) mass is 438 g/mol. The summed E-state index contributed by atoms with van der Waals surface area (Å²) in [6.45, 7) is 1.56. The highest BCUT2D eigenvalue weighted by Gasteiger charge is 2.34. The molecule has 160 valence electrons. The Morgan fingerprint density at radius 2 is 1.56 bits per heavy atom. The van der Waals surface area contributed by atoms with Crippen LogP contribution >= 0.6 is 11.8 Å². The van der Waals surface area contributed by atoms with Gasteiger partial charge < -0.3 is 10.6 Å². The van der Waals surface area contributed by atoms with Crippen LogP contribution in [0.4, 0.5) is 5.69 Å². The number of para-hydroxylation sites is 1. The van der Waals surface area contributed by atoms with Crippen molar-refractivity contribution in [1.82, 2.24) is 5.32 Å². The number of rotatable bonds is 2. The van der Waals surface area contributed by atoms with Crippen LogP contribution < -0.4 is 10.6 Å². The summed E-state index contributed by atoms with van der Waals surface area (Å²) in [4.78, 5) is 14.3. The lowest BCUT2D eigenvalue weighted by atomic mass is 9.85. The van der Waals surface area contributed by atoms with E-state index >= 15 is 0 Å². The highest BCUT2D eigenvalue weighted by atomic mass is 32.2. The van der Waals surface area contributed by atoms with Crippen molar-refractivity contribution in [3.05, 3.63) is 83.4 Å². The Labute approximate surface area is 193 Å². The zero-order valence-electron chi connectivity index (χ0n) is 18.2. The number of piperidine rings is 1. The number of fused-ring (bicyclic) bond motifs is 4. The first-order valence-corrected chi connectivity index (χ1v) is 12.2. The lowest BCUT2D eigenvalue weighted by Crippen LogP contribution is -2.35. The van der Waals surface area contributed by atoms with E-state index in [2.05, 4.69) is 59.2 Å². The third kappa shape index (κ3) is 3.48. The largest absolute Gasteiger partial charge is 0.326 e. The Morgan fingerprint density at radius 1 is 0.875 bits per heavy atom. The molecule has 0 saturated carbocycles. The van der Waals surface area contributed by atoms with Gasteiger partial charge in [-0.25, -0.2) is 0 Å². The maximum atomic E-state index is 11.7. The van der Waals surface area contributed by atoms with Crippen molar-refractivity contribution < 1.29 is 4.79 Å². The lowest BCUT2D eigenvalue weighted by Gasteiger charge is -2.30. The average molecular weight is 439 g/mol. The summed E-state index contributed by atoms with van der Waals surface area (Å²) in [5.41, 5.74) is 8.84. The van der Waals surface area contributed by atoms with Crippen molar-refractivity contribution >= 4 is 28.9 Å². The fourth-order valence-corrected chi connectivity index (χ4v) is 6.66. The van der Waals surface area contributed by atoms with Crippen molar-refractivity contribution in [3.8, 4) is 11.1 Å². The fourth-order valence-electron chi connectivity index (χ4n) is 5.53. The molecule has 0 radical (unpaired) electrons. The first-order valence-electron chi connectivity index (χ1n) is 11.4. The van der Waals surface area contributed by atoms with Gasteiger partial charge in [0.25, 0.3) is 0 Å². The third-order valence-electron chi connectivity index (χ3n) is 6.85. The van der Waals surface area contributed by atoms with Gasteiger partial charge >= 0.3 is 0 Å². The molecule has 2 fully saturated rings. The van der Waals surface area contributed by atoms with Crippen LogP contribution in [0.25, 0.3) is 16.7 Å². The van der Waals surface area contributed by atoms with Gasteiger partial charge in [-0.2, -0.15) is 0 Å². The van der Waals surface area contributed by atoms with Gasteiger partial charge in [-0.15, -0.1) is 0 Å². The fraction of sp³-hybridized carbons (Fsp3) is 0.250. The summed E-state index contributed by atoms with van der Waals surface area (Å²) >= 11 is 1.86. The molecule has 2 bridgehead atoms. The molecule has 3 aromatic carbocycles. The minimum absolute atomic E-state index is 0.0497. The molecule has 3 heterocycles. The molecule has 3 nitrogen and oxygen atoms in total. The van der Waals surface area contributed by atoms with Crippen LogP contribution in [0, 0.1) is 0 Å². The maximum absolute atomic E-state index is 11.7. The van der Waals surface area contributed by atoms with Gasteiger partial charge in [-0.05, 0) is 66.1 Å². The van der Waals surface area contributed by atoms with E-state index in [1.165, 1.54) is 39.3 Å². The predicted octanol–water partition coefficient (Wildman–Crippen LogP) is 6.49. The minimum Gasteiger partial charge on any atom is -0.326 e. The van der Waals surface area contributed by atoms with Crippen LogP contribution in [0.15, 0.2) is 82.1 Å². The predicted molar refractivity (Wildman–Crippen MR) is 132 cm³/mol.